The molecule has 0 amide bonds. The first-order valence-corrected chi connectivity index (χ1v) is 10.1. The number of anilines is 1. The van der Waals surface area contributed by atoms with Gasteiger partial charge in [-0.05, 0) is 55.8 Å². The summed E-state index contributed by atoms with van der Waals surface area (Å²) in [5.41, 5.74) is 3.17. The maximum atomic E-state index is 10.5. The van der Waals surface area contributed by atoms with Crippen molar-refractivity contribution >= 4 is 17.2 Å². The Bertz CT molecular complexity index is 1090. The molecule has 1 atom stereocenters. The number of benzene rings is 1. The number of methoxy groups -OCH3 is 1. The summed E-state index contributed by atoms with van der Waals surface area (Å²) in [5.74, 6) is -0.0170. The number of nitrogens with one attached hydrogen (secondary N) is 1. The van der Waals surface area contributed by atoms with Gasteiger partial charge in [-0.2, -0.15) is 10.2 Å². The molecule has 0 aliphatic carbocycles. The van der Waals surface area contributed by atoms with Crippen molar-refractivity contribution in [1.82, 2.24) is 14.9 Å². The van der Waals surface area contributed by atoms with Gasteiger partial charge in [-0.15, -0.1) is 0 Å². The van der Waals surface area contributed by atoms with E-state index in [0.29, 0.717) is 45.7 Å². The molecular weight excluding hydrogens is 382 g/mol. The Morgan fingerprint density at radius 2 is 2.23 bits per heavy atom. The number of phenols is 1. The number of nitrogens with zero attached hydrogens (tertiary/aromatic N) is 4. The molecule has 1 fully saturated rings. The molecule has 1 aliphatic heterocycles. The third-order valence-corrected chi connectivity index (χ3v) is 5.42. The lowest BCUT2D eigenvalue weighted by molar-refractivity contribution is 0.185. The number of hydrogen-bond donors (Lipinski definition) is 2. The molecule has 0 bridgehead atoms. The minimum Gasteiger partial charge on any atom is -0.507 e. The lowest BCUT2D eigenvalue weighted by Crippen LogP contribution is -2.41. The van der Waals surface area contributed by atoms with E-state index in [9.17, 15) is 10.4 Å². The first-order chi connectivity index (χ1) is 14.6. The van der Waals surface area contributed by atoms with Crippen LogP contribution < -0.4 is 5.32 Å². The summed E-state index contributed by atoms with van der Waals surface area (Å²) < 4.78 is 11.1. The fourth-order valence-electron chi connectivity index (χ4n) is 3.97. The largest absolute Gasteiger partial charge is 0.507 e. The van der Waals surface area contributed by atoms with Crippen molar-refractivity contribution in [2.75, 3.05) is 32.1 Å². The number of pyridine rings is 1. The van der Waals surface area contributed by atoms with Crippen LogP contribution in [-0.4, -0.2) is 52.8 Å². The van der Waals surface area contributed by atoms with Gasteiger partial charge in [-0.3, -0.25) is 0 Å². The lowest BCUT2D eigenvalue weighted by atomic mass is 10.00. The van der Waals surface area contributed by atoms with E-state index < -0.39 is 0 Å². The zero-order valence-corrected chi connectivity index (χ0v) is 17.2. The Morgan fingerprint density at radius 3 is 3.00 bits per heavy atom. The minimum absolute atomic E-state index is 0.0170. The van der Waals surface area contributed by atoms with E-state index in [1.54, 1.807) is 25.3 Å². The highest BCUT2D eigenvalue weighted by atomic mass is 16.5. The maximum absolute atomic E-state index is 10.5. The van der Waals surface area contributed by atoms with Crippen LogP contribution in [0.3, 0.4) is 0 Å². The highest BCUT2D eigenvalue weighted by molar-refractivity contribution is 5.79. The van der Waals surface area contributed by atoms with Crippen LogP contribution in [0, 0.1) is 11.3 Å². The van der Waals surface area contributed by atoms with Crippen LogP contribution in [0.25, 0.3) is 22.5 Å². The van der Waals surface area contributed by atoms with Crippen molar-refractivity contribution in [3.05, 3.63) is 35.4 Å². The topological polar surface area (TPSA) is 107 Å². The Labute approximate surface area is 175 Å². The molecule has 156 valence electrons. The Balaban J connectivity index is 1.64. The number of ether oxygens (including phenoxy) is 1. The monoisotopic (exact) mass is 407 g/mol. The normalized spacial score (nSPS) is 17.2. The summed E-state index contributed by atoms with van der Waals surface area (Å²) >= 11 is 0. The molecule has 1 aromatic carbocycles. The molecule has 30 heavy (non-hydrogen) atoms. The van der Waals surface area contributed by atoms with E-state index in [4.69, 9.17) is 9.15 Å². The predicted molar refractivity (Wildman–Crippen MR) is 113 cm³/mol. The van der Waals surface area contributed by atoms with Gasteiger partial charge in [-0.1, -0.05) is 6.92 Å². The number of oxazole rings is 1. The zero-order valence-electron chi connectivity index (χ0n) is 17.2. The summed E-state index contributed by atoms with van der Waals surface area (Å²) in [6, 6.07) is 9.50. The number of phenolic OH excluding ortho intramolecular Hbond substituents is 1. The fourth-order valence-corrected chi connectivity index (χ4v) is 3.97. The second-order valence-corrected chi connectivity index (χ2v) is 7.49. The first kappa shape index (κ1) is 20.1. The average Bonchev–Trinajstić information content (AvgIpc) is 3.15. The fraction of sp³-hybridized carbons (Fsp3) is 0.409. The average molecular weight is 407 g/mol. The first-order valence-electron chi connectivity index (χ1n) is 10.1. The molecule has 0 saturated carbocycles. The Kier molecular flexibility index (Phi) is 5.84. The number of aromatic hydroxyl groups is 1. The van der Waals surface area contributed by atoms with E-state index in [1.807, 2.05) is 6.07 Å². The van der Waals surface area contributed by atoms with E-state index in [0.717, 1.165) is 32.5 Å². The van der Waals surface area contributed by atoms with Crippen LogP contribution in [0.5, 0.6) is 5.75 Å². The third-order valence-electron chi connectivity index (χ3n) is 5.42. The van der Waals surface area contributed by atoms with Crippen LogP contribution in [-0.2, 0) is 11.3 Å². The zero-order chi connectivity index (χ0) is 21.1. The predicted octanol–water partition coefficient (Wildman–Crippen LogP) is 3.51. The van der Waals surface area contributed by atoms with Gasteiger partial charge in [0.25, 0.3) is 6.01 Å². The van der Waals surface area contributed by atoms with Gasteiger partial charge >= 0.3 is 0 Å². The molecule has 3 heterocycles. The number of likely N-dealkylation sites (tertiary alicyclic amines) is 1. The van der Waals surface area contributed by atoms with Crippen molar-refractivity contribution in [3.63, 3.8) is 0 Å². The summed E-state index contributed by atoms with van der Waals surface area (Å²) in [6.07, 6.45) is 2.22. The molecule has 8 heteroatoms. The van der Waals surface area contributed by atoms with Gasteiger partial charge in [0.1, 0.15) is 5.75 Å². The number of piperidine rings is 1. The molecular formula is C22H25N5O3. The Hall–Kier alpha value is -3.15. The van der Waals surface area contributed by atoms with E-state index in [-0.39, 0.29) is 12.4 Å². The van der Waals surface area contributed by atoms with E-state index >= 15 is 0 Å². The summed E-state index contributed by atoms with van der Waals surface area (Å²) in [5, 5.41) is 23.1. The van der Waals surface area contributed by atoms with Crippen molar-refractivity contribution < 1.29 is 14.3 Å². The number of likely N-dealkylation sites (N-methyl/N-ethyl adjacent to an activating group) is 1. The molecule has 2 aromatic heterocycles. The number of fused-ring (bicyclic) bond motifs is 1. The molecule has 0 unspecified atom stereocenters. The minimum atomic E-state index is -0.0170. The van der Waals surface area contributed by atoms with Crippen molar-refractivity contribution in [3.8, 4) is 23.1 Å². The molecule has 4 rings (SSSR count). The van der Waals surface area contributed by atoms with Crippen LogP contribution in [0.15, 0.2) is 28.7 Å². The van der Waals surface area contributed by atoms with Gasteiger partial charge < -0.3 is 24.5 Å². The highest BCUT2D eigenvalue weighted by Crippen LogP contribution is 2.34. The summed E-state index contributed by atoms with van der Waals surface area (Å²) in [4.78, 5) is 11.5. The highest BCUT2D eigenvalue weighted by Gasteiger charge is 2.21. The standard InChI is InChI=1S/C22H25N5O3/c1-3-27-8-4-5-16(12-27)24-22-26-21-19(30-22)7-6-17(25-21)20-15(13-29-2)9-14(11-23)10-18(20)28/h6-7,9-10,16,28H,3-5,8,12-13H2,1-2H3,(H,24,25,26)/t16-/m1/s1. The maximum Gasteiger partial charge on any atom is 0.297 e. The number of hydrogen-bond acceptors (Lipinski definition) is 8. The lowest BCUT2D eigenvalue weighted by Gasteiger charge is -2.31. The van der Waals surface area contributed by atoms with Gasteiger partial charge in [0.05, 0.1) is 23.9 Å². The quantitative estimate of drug-likeness (QED) is 0.639. The molecule has 1 saturated heterocycles. The summed E-state index contributed by atoms with van der Waals surface area (Å²) in [7, 11) is 1.57. The van der Waals surface area contributed by atoms with Gasteiger partial charge in [-0.25, -0.2) is 4.98 Å². The molecule has 3 aromatic rings. The Morgan fingerprint density at radius 1 is 1.37 bits per heavy atom. The number of rotatable bonds is 6. The van der Waals surface area contributed by atoms with Crippen LogP contribution >= 0.6 is 0 Å². The van der Waals surface area contributed by atoms with E-state index in [1.165, 1.54) is 6.07 Å². The molecule has 8 nitrogen and oxygen atoms in total. The van der Waals surface area contributed by atoms with Crippen molar-refractivity contribution in [1.29, 1.82) is 5.26 Å². The van der Waals surface area contributed by atoms with Gasteiger partial charge in [0.15, 0.2) is 5.58 Å². The van der Waals surface area contributed by atoms with Crippen molar-refractivity contribution in [2.45, 2.75) is 32.4 Å². The number of nitriles is 1. The third kappa shape index (κ3) is 4.08. The van der Waals surface area contributed by atoms with Gasteiger partial charge in [0.2, 0.25) is 5.65 Å². The smallest absolute Gasteiger partial charge is 0.297 e. The van der Waals surface area contributed by atoms with E-state index in [2.05, 4.69) is 27.1 Å². The SMILES string of the molecule is CCN1CCC[C@@H](Nc2nc3nc(-c4c(O)cc(C#N)cc4COC)ccc3o2)C1. The second kappa shape index (κ2) is 8.69. The summed E-state index contributed by atoms with van der Waals surface area (Å²) in [6.45, 7) is 5.55. The van der Waals surface area contributed by atoms with Crippen LogP contribution in [0.2, 0.25) is 0 Å². The molecule has 0 radical (unpaired) electrons. The molecule has 2 N–H and O–H groups in total. The van der Waals surface area contributed by atoms with Gasteiger partial charge in [0, 0.05) is 25.3 Å². The second-order valence-electron chi connectivity index (χ2n) is 7.49. The van der Waals surface area contributed by atoms with Crippen LogP contribution in [0.4, 0.5) is 6.01 Å². The molecule has 0 spiro atoms. The van der Waals surface area contributed by atoms with Crippen LogP contribution in [0.1, 0.15) is 30.9 Å². The number of aromatic nitrogens is 2. The molecule has 1 aliphatic rings. The van der Waals surface area contributed by atoms with Crippen molar-refractivity contribution in [2.24, 2.45) is 0 Å².